The van der Waals surface area contributed by atoms with Gasteiger partial charge in [0.25, 0.3) is 5.91 Å². The maximum Gasteiger partial charge on any atom is 0.383 e. The predicted molar refractivity (Wildman–Crippen MR) is 66.2 cm³/mol. The lowest BCUT2D eigenvalue weighted by atomic mass is 10.2. The number of amides is 1. The van der Waals surface area contributed by atoms with Crippen molar-refractivity contribution in [3.63, 3.8) is 0 Å². The van der Waals surface area contributed by atoms with Crippen LogP contribution in [0.15, 0.2) is 40.6 Å². The van der Waals surface area contributed by atoms with Crippen LogP contribution in [0.2, 0.25) is 0 Å². The number of carbonyl (C=O) groups excluding carboxylic acids is 1. The quantitative estimate of drug-likeness (QED) is 0.776. The highest BCUT2D eigenvalue weighted by atomic mass is 16.8. The molecule has 0 radical (unpaired) electrons. The number of ether oxygens (including phenoxy) is 2. The maximum atomic E-state index is 12.5. The predicted octanol–water partition coefficient (Wildman–Crippen LogP) is 1.99. The van der Waals surface area contributed by atoms with Crippen LogP contribution in [-0.4, -0.2) is 35.7 Å². The average Bonchev–Trinajstić information content (AvgIpc) is 2.94. The van der Waals surface area contributed by atoms with Crippen LogP contribution in [-0.2, 0) is 9.47 Å². The highest BCUT2D eigenvalue weighted by Crippen LogP contribution is 2.38. The van der Waals surface area contributed by atoms with Gasteiger partial charge in [-0.2, -0.15) is 5.11 Å². The van der Waals surface area contributed by atoms with E-state index in [1.165, 1.54) is 4.90 Å². The number of carbonyl (C=O) groups is 1. The fourth-order valence-corrected chi connectivity index (χ4v) is 2.17. The van der Waals surface area contributed by atoms with Crippen LogP contribution in [0, 0.1) is 0 Å². The molecule has 1 fully saturated rings. The molecule has 1 spiro atoms. The van der Waals surface area contributed by atoms with Gasteiger partial charge in [-0.1, -0.05) is 18.2 Å². The van der Waals surface area contributed by atoms with Gasteiger partial charge in [0.15, 0.2) is 5.72 Å². The molecule has 1 unspecified atom stereocenters. The van der Waals surface area contributed by atoms with Gasteiger partial charge in [-0.05, 0) is 26.0 Å². The molecule has 0 aromatic heterocycles. The monoisotopic (exact) mass is 261 g/mol. The van der Waals surface area contributed by atoms with E-state index in [-0.39, 0.29) is 5.91 Å². The molecule has 1 amide bonds. The molecule has 6 nitrogen and oxygen atoms in total. The molecular weight excluding hydrogens is 246 g/mol. The first-order valence-electron chi connectivity index (χ1n) is 6.18. The third kappa shape index (κ3) is 2.02. The van der Waals surface area contributed by atoms with Crippen LogP contribution in [0.5, 0.6) is 0 Å². The molecule has 1 saturated heterocycles. The van der Waals surface area contributed by atoms with Crippen molar-refractivity contribution in [3.8, 4) is 0 Å². The number of azo groups is 1. The molecule has 2 aliphatic heterocycles. The van der Waals surface area contributed by atoms with Gasteiger partial charge in [0.1, 0.15) is 0 Å². The number of hydrogen-bond acceptors (Lipinski definition) is 5. The highest BCUT2D eigenvalue weighted by molar-refractivity contribution is 5.94. The standard InChI is InChI=1S/C13H15N3O3/c1-12(2)14-15-13(19-12)16(8-9-18-13)11(17)10-6-4-3-5-7-10/h3-7H,8-9H2,1-2H3. The van der Waals surface area contributed by atoms with Gasteiger partial charge in [0, 0.05) is 5.56 Å². The second kappa shape index (κ2) is 4.11. The Kier molecular flexibility index (Phi) is 2.65. The van der Waals surface area contributed by atoms with Gasteiger partial charge in [-0.25, -0.2) is 0 Å². The summed E-state index contributed by atoms with van der Waals surface area (Å²) in [5.41, 5.74) is -0.199. The molecule has 6 heteroatoms. The van der Waals surface area contributed by atoms with Gasteiger partial charge in [-0.3, -0.25) is 14.4 Å². The van der Waals surface area contributed by atoms with E-state index in [1.54, 1.807) is 26.0 Å². The van der Waals surface area contributed by atoms with Crippen molar-refractivity contribution in [3.05, 3.63) is 35.9 Å². The molecule has 0 bridgehead atoms. The summed E-state index contributed by atoms with van der Waals surface area (Å²) in [4.78, 5) is 14.0. The van der Waals surface area contributed by atoms with E-state index in [9.17, 15) is 4.79 Å². The van der Waals surface area contributed by atoms with Crippen LogP contribution >= 0.6 is 0 Å². The van der Waals surface area contributed by atoms with Crippen molar-refractivity contribution in [2.75, 3.05) is 13.2 Å². The first-order valence-corrected chi connectivity index (χ1v) is 6.18. The summed E-state index contributed by atoms with van der Waals surface area (Å²) in [6.07, 6.45) is 0. The lowest BCUT2D eigenvalue weighted by Crippen LogP contribution is -2.49. The van der Waals surface area contributed by atoms with E-state index in [2.05, 4.69) is 10.2 Å². The second-order valence-electron chi connectivity index (χ2n) is 4.97. The minimum atomic E-state index is -1.39. The molecule has 2 aliphatic rings. The van der Waals surface area contributed by atoms with Crippen LogP contribution in [0.1, 0.15) is 24.2 Å². The smallest absolute Gasteiger partial charge is 0.310 e. The van der Waals surface area contributed by atoms with E-state index in [4.69, 9.17) is 9.47 Å². The molecule has 2 heterocycles. The summed E-state index contributed by atoms with van der Waals surface area (Å²) in [6, 6.07) is 7.62. The number of hydrogen-bond donors (Lipinski definition) is 0. The van der Waals surface area contributed by atoms with Crippen molar-refractivity contribution in [1.82, 2.24) is 4.90 Å². The Balaban J connectivity index is 1.89. The fraction of sp³-hybridized carbons (Fsp3) is 0.462. The van der Waals surface area contributed by atoms with Crippen LogP contribution in [0.4, 0.5) is 0 Å². The molecule has 100 valence electrons. The normalized spacial score (nSPS) is 28.2. The van der Waals surface area contributed by atoms with Gasteiger partial charge >= 0.3 is 6.03 Å². The summed E-state index contributed by atoms with van der Waals surface area (Å²) in [6.45, 7) is 4.37. The largest absolute Gasteiger partial charge is 0.383 e. The summed E-state index contributed by atoms with van der Waals surface area (Å²) in [7, 11) is 0. The van der Waals surface area contributed by atoms with E-state index in [1.807, 2.05) is 18.2 Å². The third-order valence-corrected chi connectivity index (χ3v) is 3.01. The van der Waals surface area contributed by atoms with Gasteiger partial charge < -0.3 is 4.74 Å². The molecule has 19 heavy (non-hydrogen) atoms. The summed E-state index contributed by atoms with van der Waals surface area (Å²) in [5.74, 6) is -0.172. The number of benzene rings is 1. The Bertz CT molecular complexity index is 529. The molecule has 0 aliphatic carbocycles. The van der Waals surface area contributed by atoms with Crippen molar-refractivity contribution >= 4 is 5.91 Å². The zero-order valence-corrected chi connectivity index (χ0v) is 10.9. The molecule has 1 aromatic carbocycles. The second-order valence-corrected chi connectivity index (χ2v) is 4.97. The van der Waals surface area contributed by atoms with E-state index in [0.717, 1.165) is 0 Å². The van der Waals surface area contributed by atoms with Crippen molar-refractivity contribution in [1.29, 1.82) is 0 Å². The Hall–Kier alpha value is -1.79. The van der Waals surface area contributed by atoms with Crippen molar-refractivity contribution in [2.45, 2.75) is 25.6 Å². The van der Waals surface area contributed by atoms with Crippen LogP contribution in [0.3, 0.4) is 0 Å². The lowest BCUT2D eigenvalue weighted by molar-refractivity contribution is -0.274. The Morgan fingerprint density at radius 2 is 2.00 bits per heavy atom. The summed E-state index contributed by atoms with van der Waals surface area (Å²) in [5, 5.41) is 8.05. The van der Waals surface area contributed by atoms with Gasteiger partial charge in [-0.15, -0.1) is 5.11 Å². The minimum Gasteiger partial charge on any atom is -0.310 e. The Labute approximate surface area is 111 Å². The molecule has 0 saturated carbocycles. The van der Waals surface area contributed by atoms with Crippen molar-refractivity contribution in [2.24, 2.45) is 10.2 Å². The van der Waals surface area contributed by atoms with Gasteiger partial charge in [0.05, 0.1) is 13.2 Å². The first-order chi connectivity index (χ1) is 9.03. The number of rotatable bonds is 1. The zero-order valence-electron chi connectivity index (χ0n) is 10.9. The summed E-state index contributed by atoms with van der Waals surface area (Å²) < 4.78 is 11.2. The molecule has 0 N–H and O–H groups in total. The molecule has 1 atom stereocenters. The van der Waals surface area contributed by atoms with E-state index in [0.29, 0.717) is 18.7 Å². The molecular formula is C13H15N3O3. The topological polar surface area (TPSA) is 63.5 Å². The molecule has 1 aromatic rings. The van der Waals surface area contributed by atoms with Crippen LogP contribution in [0.25, 0.3) is 0 Å². The van der Waals surface area contributed by atoms with Crippen LogP contribution < -0.4 is 0 Å². The van der Waals surface area contributed by atoms with E-state index >= 15 is 0 Å². The van der Waals surface area contributed by atoms with E-state index < -0.39 is 11.8 Å². The Morgan fingerprint density at radius 3 is 2.63 bits per heavy atom. The first kappa shape index (κ1) is 12.3. The highest BCUT2D eigenvalue weighted by Gasteiger charge is 2.54. The maximum absolute atomic E-state index is 12.5. The van der Waals surface area contributed by atoms with Gasteiger partial charge in [0.2, 0.25) is 0 Å². The summed E-state index contributed by atoms with van der Waals surface area (Å²) >= 11 is 0. The third-order valence-electron chi connectivity index (χ3n) is 3.01. The number of nitrogens with zero attached hydrogens (tertiary/aromatic N) is 3. The lowest BCUT2D eigenvalue weighted by Gasteiger charge is -2.30. The van der Waals surface area contributed by atoms with Crippen molar-refractivity contribution < 1.29 is 14.3 Å². The zero-order chi connectivity index (χ0) is 13.5. The minimum absolute atomic E-state index is 0.172. The SMILES string of the molecule is CC1(C)N=NC2(OCCN2C(=O)c2ccccc2)O1. The Morgan fingerprint density at radius 1 is 1.26 bits per heavy atom. The fourth-order valence-electron chi connectivity index (χ4n) is 2.17. The average molecular weight is 261 g/mol. The molecule has 3 rings (SSSR count).